The largest absolute Gasteiger partial charge is 0.352 e. The molecule has 0 aliphatic carbocycles. The van der Waals surface area contributed by atoms with Crippen LogP contribution in [0.2, 0.25) is 0 Å². The summed E-state index contributed by atoms with van der Waals surface area (Å²) in [4.78, 5) is 18.4. The molecule has 0 bridgehead atoms. The second-order valence-electron chi connectivity index (χ2n) is 6.05. The number of aromatic nitrogens is 1. The Hall–Kier alpha value is -1.10. The van der Waals surface area contributed by atoms with Gasteiger partial charge in [0, 0.05) is 37.1 Å². The van der Waals surface area contributed by atoms with E-state index in [1.807, 2.05) is 11.6 Å². The van der Waals surface area contributed by atoms with Gasteiger partial charge in [-0.25, -0.2) is 4.98 Å². The number of rotatable bonds is 3. The highest BCUT2D eigenvalue weighted by atomic mass is 32.1. The highest BCUT2D eigenvalue weighted by Gasteiger charge is 2.26. The van der Waals surface area contributed by atoms with Gasteiger partial charge < -0.3 is 10.2 Å². The maximum atomic E-state index is 11.9. The molecule has 18 heavy (non-hydrogen) atoms. The number of anilines is 1. The summed E-state index contributed by atoms with van der Waals surface area (Å²) in [7, 11) is 0. The van der Waals surface area contributed by atoms with Crippen LogP contribution in [0.25, 0.3) is 0 Å². The van der Waals surface area contributed by atoms with E-state index in [0.717, 1.165) is 24.6 Å². The summed E-state index contributed by atoms with van der Waals surface area (Å²) in [5.74, 6) is 0.161. The van der Waals surface area contributed by atoms with E-state index in [2.05, 4.69) is 36.0 Å². The Morgan fingerprint density at radius 3 is 3.00 bits per heavy atom. The molecule has 1 amide bonds. The lowest BCUT2D eigenvalue weighted by Gasteiger charge is -2.20. The standard InChI is InChI=1S/C13H21N3OS/c1-13(2,3)8-11(17)15-10-4-6-16(9-10)12-14-5-7-18-12/h5,7,10H,4,6,8-9H2,1-3H3,(H,15,17)/t10-/m1/s1. The van der Waals surface area contributed by atoms with Crippen LogP contribution in [0.3, 0.4) is 0 Å². The molecule has 4 nitrogen and oxygen atoms in total. The number of nitrogens with one attached hydrogen (secondary N) is 1. The first-order valence-electron chi connectivity index (χ1n) is 6.38. The minimum atomic E-state index is 0.0533. The zero-order valence-corrected chi connectivity index (χ0v) is 12.1. The fourth-order valence-corrected chi connectivity index (χ4v) is 2.86. The van der Waals surface area contributed by atoms with Crippen LogP contribution in [0.4, 0.5) is 5.13 Å². The molecule has 1 N–H and O–H groups in total. The number of hydrogen-bond donors (Lipinski definition) is 1. The van der Waals surface area contributed by atoms with Crippen molar-refractivity contribution in [2.24, 2.45) is 5.41 Å². The molecule has 0 saturated carbocycles. The second-order valence-corrected chi connectivity index (χ2v) is 6.92. The molecule has 0 spiro atoms. The number of carbonyl (C=O) groups excluding carboxylic acids is 1. The quantitative estimate of drug-likeness (QED) is 0.914. The van der Waals surface area contributed by atoms with Crippen molar-refractivity contribution in [1.82, 2.24) is 10.3 Å². The Balaban J connectivity index is 1.81. The number of thiazole rings is 1. The van der Waals surface area contributed by atoms with Gasteiger partial charge in [-0.05, 0) is 11.8 Å². The smallest absolute Gasteiger partial charge is 0.220 e. The molecule has 0 aromatic carbocycles. The summed E-state index contributed by atoms with van der Waals surface area (Å²) in [6.45, 7) is 8.12. The minimum absolute atomic E-state index is 0.0533. The lowest BCUT2D eigenvalue weighted by atomic mass is 9.92. The van der Waals surface area contributed by atoms with Crippen molar-refractivity contribution in [2.75, 3.05) is 18.0 Å². The highest BCUT2D eigenvalue weighted by molar-refractivity contribution is 7.13. The molecule has 1 saturated heterocycles. The topological polar surface area (TPSA) is 45.2 Å². The van der Waals surface area contributed by atoms with E-state index in [1.54, 1.807) is 11.3 Å². The Labute approximate surface area is 112 Å². The van der Waals surface area contributed by atoms with Gasteiger partial charge in [-0.2, -0.15) is 0 Å². The third-order valence-corrected chi connectivity index (χ3v) is 3.77. The predicted molar refractivity (Wildman–Crippen MR) is 74.9 cm³/mol. The van der Waals surface area contributed by atoms with E-state index in [9.17, 15) is 4.79 Å². The molecular weight excluding hydrogens is 246 g/mol. The molecule has 1 aliphatic rings. The first-order valence-corrected chi connectivity index (χ1v) is 7.26. The molecule has 1 atom stereocenters. The molecule has 0 unspecified atom stereocenters. The van der Waals surface area contributed by atoms with Gasteiger partial charge in [0.15, 0.2) is 5.13 Å². The van der Waals surface area contributed by atoms with Crippen LogP contribution in [0.1, 0.15) is 33.6 Å². The second kappa shape index (κ2) is 5.26. The Morgan fingerprint density at radius 2 is 2.39 bits per heavy atom. The summed E-state index contributed by atoms with van der Waals surface area (Å²) in [5.41, 5.74) is 0.0533. The molecule has 5 heteroatoms. The predicted octanol–water partition coefficient (Wildman–Crippen LogP) is 2.27. The van der Waals surface area contributed by atoms with E-state index in [-0.39, 0.29) is 17.4 Å². The fourth-order valence-electron chi connectivity index (χ4n) is 2.18. The molecule has 1 aromatic rings. The monoisotopic (exact) mass is 267 g/mol. The summed E-state index contributed by atoms with van der Waals surface area (Å²) >= 11 is 1.65. The number of carbonyl (C=O) groups is 1. The maximum Gasteiger partial charge on any atom is 0.220 e. The third kappa shape index (κ3) is 3.70. The molecule has 100 valence electrons. The van der Waals surface area contributed by atoms with Crippen molar-refractivity contribution in [1.29, 1.82) is 0 Å². The lowest BCUT2D eigenvalue weighted by molar-refractivity contribution is -0.123. The lowest BCUT2D eigenvalue weighted by Crippen LogP contribution is -2.38. The van der Waals surface area contributed by atoms with E-state index in [1.165, 1.54) is 0 Å². The van der Waals surface area contributed by atoms with Crippen LogP contribution in [-0.2, 0) is 4.79 Å². The zero-order chi connectivity index (χ0) is 13.2. The summed E-state index contributed by atoms with van der Waals surface area (Å²) in [6, 6.07) is 0.267. The van der Waals surface area contributed by atoms with Crippen LogP contribution in [0.15, 0.2) is 11.6 Å². The van der Waals surface area contributed by atoms with E-state index in [4.69, 9.17) is 0 Å². The van der Waals surface area contributed by atoms with Crippen LogP contribution in [-0.4, -0.2) is 30.0 Å². The average molecular weight is 267 g/mol. The zero-order valence-electron chi connectivity index (χ0n) is 11.3. The molecule has 1 aromatic heterocycles. The molecule has 2 heterocycles. The summed E-state index contributed by atoms with van der Waals surface area (Å²) in [6.07, 6.45) is 3.42. The molecule has 2 rings (SSSR count). The van der Waals surface area contributed by atoms with Gasteiger partial charge in [-0.3, -0.25) is 4.79 Å². The van der Waals surface area contributed by atoms with Gasteiger partial charge >= 0.3 is 0 Å². The number of amides is 1. The van der Waals surface area contributed by atoms with Crippen LogP contribution < -0.4 is 10.2 Å². The van der Waals surface area contributed by atoms with Crippen molar-refractivity contribution >= 4 is 22.4 Å². The number of nitrogens with zero attached hydrogens (tertiary/aromatic N) is 2. The van der Waals surface area contributed by atoms with Crippen molar-refractivity contribution < 1.29 is 4.79 Å². The van der Waals surface area contributed by atoms with E-state index < -0.39 is 0 Å². The SMILES string of the molecule is CC(C)(C)CC(=O)N[C@@H]1CCN(c2nccs2)C1. The van der Waals surface area contributed by atoms with Crippen molar-refractivity contribution in [3.8, 4) is 0 Å². The van der Waals surface area contributed by atoms with Crippen molar-refractivity contribution in [3.63, 3.8) is 0 Å². The highest BCUT2D eigenvalue weighted by Crippen LogP contribution is 2.23. The van der Waals surface area contributed by atoms with E-state index >= 15 is 0 Å². The van der Waals surface area contributed by atoms with Crippen LogP contribution in [0, 0.1) is 5.41 Å². The van der Waals surface area contributed by atoms with E-state index in [0.29, 0.717) is 6.42 Å². The van der Waals surface area contributed by atoms with Gasteiger partial charge in [0.2, 0.25) is 5.91 Å². The Bertz CT molecular complexity index is 397. The van der Waals surface area contributed by atoms with Crippen molar-refractivity contribution in [2.45, 2.75) is 39.7 Å². The molecule has 0 radical (unpaired) electrons. The van der Waals surface area contributed by atoms with Crippen LogP contribution in [0.5, 0.6) is 0 Å². The summed E-state index contributed by atoms with van der Waals surface area (Å²) in [5, 5.41) is 6.17. The normalized spacial score (nSPS) is 20.2. The molecular formula is C13H21N3OS. The first-order chi connectivity index (χ1) is 8.44. The Kier molecular flexibility index (Phi) is 3.90. The summed E-state index contributed by atoms with van der Waals surface area (Å²) < 4.78 is 0. The molecule has 1 aliphatic heterocycles. The first kappa shape index (κ1) is 13.3. The van der Waals surface area contributed by atoms with Gasteiger partial charge in [0.25, 0.3) is 0 Å². The number of hydrogen-bond acceptors (Lipinski definition) is 4. The van der Waals surface area contributed by atoms with Crippen molar-refractivity contribution in [3.05, 3.63) is 11.6 Å². The van der Waals surface area contributed by atoms with Gasteiger partial charge in [0.05, 0.1) is 0 Å². The average Bonchev–Trinajstić information content (AvgIpc) is 2.82. The Morgan fingerprint density at radius 1 is 1.61 bits per heavy atom. The molecule has 1 fully saturated rings. The fraction of sp³-hybridized carbons (Fsp3) is 0.692. The van der Waals surface area contributed by atoms with Crippen LogP contribution >= 0.6 is 11.3 Å². The minimum Gasteiger partial charge on any atom is -0.352 e. The third-order valence-electron chi connectivity index (χ3n) is 2.93. The van der Waals surface area contributed by atoms with Gasteiger partial charge in [-0.15, -0.1) is 11.3 Å². The van der Waals surface area contributed by atoms with Gasteiger partial charge in [-0.1, -0.05) is 20.8 Å². The van der Waals surface area contributed by atoms with Gasteiger partial charge in [0.1, 0.15) is 0 Å². The maximum absolute atomic E-state index is 11.9.